The summed E-state index contributed by atoms with van der Waals surface area (Å²) in [6.07, 6.45) is 4.77. The molecule has 2 unspecified atom stereocenters. The third kappa shape index (κ3) is 6.45. The Morgan fingerprint density at radius 2 is 1.60 bits per heavy atom. The minimum atomic E-state index is -3.98. The second kappa shape index (κ2) is 12.8. The number of hydrazone groups is 1. The van der Waals surface area contributed by atoms with Crippen LogP contribution in [0.25, 0.3) is 6.08 Å². The fourth-order valence-electron chi connectivity index (χ4n) is 5.86. The van der Waals surface area contributed by atoms with E-state index in [9.17, 15) is 13.2 Å². The largest absolute Gasteiger partial charge is 0.497 e. The number of hydrogen-bond donors (Lipinski definition) is 1. The summed E-state index contributed by atoms with van der Waals surface area (Å²) in [4.78, 5) is 14.2. The number of carbonyl (C=O) groups excluding carboxylic acids is 1. The van der Waals surface area contributed by atoms with Gasteiger partial charge in [-0.2, -0.15) is 5.10 Å². The van der Waals surface area contributed by atoms with Crippen LogP contribution in [0.5, 0.6) is 11.5 Å². The molecule has 0 saturated heterocycles. The first-order valence-electron chi connectivity index (χ1n) is 14.6. The number of ether oxygens (including phenoxy) is 2. The molecule has 1 heterocycles. The van der Waals surface area contributed by atoms with E-state index in [2.05, 4.69) is 10.8 Å². The van der Waals surface area contributed by atoms with Crippen LogP contribution in [0.4, 0.5) is 5.69 Å². The molecule has 1 amide bonds. The average Bonchev–Trinajstić information content (AvgIpc) is 3.46. The van der Waals surface area contributed by atoms with Crippen molar-refractivity contribution in [1.82, 2.24) is 5.01 Å². The first-order chi connectivity index (χ1) is 21.8. The molecule has 10 heteroatoms. The summed E-state index contributed by atoms with van der Waals surface area (Å²) in [7, 11) is -0.730. The van der Waals surface area contributed by atoms with Gasteiger partial charge in [0.25, 0.3) is 15.9 Å². The van der Waals surface area contributed by atoms with Crippen LogP contribution in [-0.4, -0.2) is 39.3 Å². The first-order valence-corrected chi connectivity index (χ1v) is 16.4. The van der Waals surface area contributed by atoms with Gasteiger partial charge in [0.15, 0.2) is 0 Å². The summed E-state index contributed by atoms with van der Waals surface area (Å²) in [5, 5.41) is 6.98. The second-order valence-corrected chi connectivity index (χ2v) is 13.1. The zero-order valence-electron chi connectivity index (χ0n) is 24.8. The van der Waals surface area contributed by atoms with Crippen LogP contribution < -0.4 is 14.2 Å². The number of hydrogen-bond acceptors (Lipinski definition) is 6. The van der Waals surface area contributed by atoms with Crippen LogP contribution in [0.3, 0.4) is 0 Å². The van der Waals surface area contributed by atoms with Crippen LogP contribution in [0.1, 0.15) is 46.8 Å². The SMILES string of the molecule is COc1ccc(C=C2CCCC3C2=NN(C(=O)c2cccc(S(=O)(=O)Nc4ccc(Cl)cc4)c2)C3c2ccc(OC)cc2)cc1. The highest BCUT2D eigenvalue weighted by Crippen LogP contribution is 2.45. The van der Waals surface area contributed by atoms with E-state index >= 15 is 0 Å². The fourth-order valence-corrected chi connectivity index (χ4v) is 7.09. The zero-order valence-corrected chi connectivity index (χ0v) is 26.4. The maximum Gasteiger partial charge on any atom is 0.274 e. The molecule has 1 aliphatic heterocycles. The van der Waals surface area contributed by atoms with Gasteiger partial charge in [0, 0.05) is 22.2 Å². The molecule has 6 rings (SSSR count). The minimum absolute atomic E-state index is 0.0286. The Morgan fingerprint density at radius 1 is 0.933 bits per heavy atom. The highest BCUT2D eigenvalue weighted by atomic mass is 35.5. The number of fused-ring (bicyclic) bond motifs is 1. The Bertz CT molecular complexity index is 1870. The highest BCUT2D eigenvalue weighted by Gasteiger charge is 2.44. The molecule has 1 saturated carbocycles. The smallest absolute Gasteiger partial charge is 0.274 e. The number of methoxy groups -OCH3 is 2. The lowest BCUT2D eigenvalue weighted by Gasteiger charge is -2.30. The Labute approximate surface area is 268 Å². The summed E-state index contributed by atoms with van der Waals surface area (Å²) in [5.41, 5.74) is 4.48. The van der Waals surface area contributed by atoms with E-state index in [1.807, 2.05) is 48.5 Å². The number of anilines is 1. The van der Waals surface area contributed by atoms with Crippen LogP contribution in [0, 0.1) is 5.92 Å². The van der Waals surface area contributed by atoms with Crippen LogP contribution in [-0.2, 0) is 10.0 Å². The van der Waals surface area contributed by atoms with Crippen LogP contribution in [0.15, 0.2) is 113 Å². The van der Waals surface area contributed by atoms with E-state index in [1.54, 1.807) is 50.6 Å². The van der Waals surface area contributed by atoms with Gasteiger partial charge in [0.1, 0.15) is 11.5 Å². The maximum atomic E-state index is 14.2. The third-order valence-electron chi connectivity index (χ3n) is 8.11. The molecular weight excluding hydrogens is 610 g/mol. The monoisotopic (exact) mass is 641 g/mol. The molecule has 0 radical (unpaired) electrons. The van der Waals surface area contributed by atoms with Crippen molar-refractivity contribution >= 4 is 45.0 Å². The van der Waals surface area contributed by atoms with Gasteiger partial charge in [-0.1, -0.05) is 41.9 Å². The third-order valence-corrected chi connectivity index (χ3v) is 9.74. The van der Waals surface area contributed by atoms with Crippen molar-refractivity contribution in [3.63, 3.8) is 0 Å². The van der Waals surface area contributed by atoms with Gasteiger partial charge < -0.3 is 9.47 Å². The van der Waals surface area contributed by atoms with Crippen molar-refractivity contribution in [2.24, 2.45) is 11.0 Å². The number of nitrogens with one attached hydrogen (secondary N) is 1. The molecule has 2 atom stereocenters. The number of sulfonamides is 1. The molecule has 0 bridgehead atoms. The van der Waals surface area contributed by atoms with Gasteiger partial charge in [-0.25, -0.2) is 13.4 Å². The van der Waals surface area contributed by atoms with Crippen molar-refractivity contribution in [2.75, 3.05) is 18.9 Å². The predicted octanol–water partition coefficient (Wildman–Crippen LogP) is 7.59. The Hall–Kier alpha value is -4.60. The minimum Gasteiger partial charge on any atom is -0.497 e. The van der Waals surface area contributed by atoms with E-state index in [0.717, 1.165) is 47.4 Å². The van der Waals surface area contributed by atoms with Gasteiger partial charge in [-0.3, -0.25) is 9.52 Å². The molecular formula is C35H32ClN3O5S. The summed E-state index contributed by atoms with van der Waals surface area (Å²) in [6.45, 7) is 0. The maximum absolute atomic E-state index is 14.2. The van der Waals surface area contributed by atoms with Gasteiger partial charge in [0.2, 0.25) is 0 Å². The molecule has 8 nitrogen and oxygen atoms in total. The van der Waals surface area contributed by atoms with Crippen molar-refractivity contribution in [3.8, 4) is 11.5 Å². The summed E-state index contributed by atoms with van der Waals surface area (Å²) in [5.74, 6) is 1.08. The van der Waals surface area contributed by atoms with Crippen molar-refractivity contribution in [2.45, 2.75) is 30.2 Å². The molecule has 0 aromatic heterocycles. The molecule has 1 aliphatic carbocycles. The van der Waals surface area contributed by atoms with Gasteiger partial charge in [-0.05, 0) is 109 Å². The highest BCUT2D eigenvalue weighted by molar-refractivity contribution is 7.92. The Kier molecular flexibility index (Phi) is 8.65. The molecule has 45 heavy (non-hydrogen) atoms. The lowest BCUT2D eigenvalue weighted by molar-refractivity contribution is 0.0680. The zero-order chi connectivity index (χ0) is 31.6. The molecule has 2 aliphatic rings. The predicted molar refractivity (Wildman–Crippen MR) is 176 cm³/mol. The van der Waals surface area contributed by atoms with E-state index in [1.165, 1.54) is 17.1 Å². The number of allylic oxidation sites excluding steroid dienone is 1. The lowest BCUT2D eigenvalue weighted by atomic mass is 9.77. The average molecular weight is 642 g/mol. The number of carbonyl (C=O) groups is 1. The molecule has 230 valence electrons. The molecule has 1 N–H and O–H groups in total. The van der Waals surface area contributed by atoms with E-state index in [4.69, 9.17) is 26.2 Å². The van der Waals surface area contributed by atoms with Gasteiger partial charge >= 0.3 is 0 Å². The summed E-state index contributed by atoms with van der Waals surface area (Å²) in [6, 6.07) is 27.5. The fraction of sp³-hybridized carbons (Fsp3) is 0.200. The normalized spacial score (nSPS) is 18.7. The second-order valence-electron chi connectivity index (χ2n) is 10.9. The number of nitrogens with zero attached hydrogens (tertiary/aromatic N) is 2. The Balaban J connectivity index is 1.36. The molecule has 1 fully saturated rings. The van der Waals surface area contributed by atoms with Crippen molar-refractivity contribution in [3.05, 3.63) is 124 Å². The number of amides is 1. The first kappa shape index (κ1) is 30.4. The van der Waals surface area contributed by atoms with Crippen LogP contribution in [0.2, 0.25) is 5.02 Å². The molecule has 4 aromatic carbocycles. The molecule has 4 aromatic rings. The number of halogens is 1. The molecule has 0 spiro atoms. The lowest BCUT2D eigenvalue weighted by Crippen LogP contribution is -2.32. The number of benzene rings is 4. The topological polar surface area (TPSA) is 97.3 Å². The quantitative estimate of drug-likeness (QED) is 0.214. The van der Waals surface area contributed by atoms with E-state index in [0.29, 0.717) is 16.5 Å². The summed E-state index contributed by atoms with van der Waals surface area (Å²) >= 11 is 5.95. The Morgan fingerprint density at radius 3 is 2.27 bits per heavy atom. The van der Waals surface area contributed by atoms with E-state index in [-0.39, 0.29) is 28.3 Å². The standard InChI is InChI=1S/C35H32ClN3O5S/c1-43-29-17-9-23(10-18-29)21-25-5-4-8-32-33(25)37-39(34(32)24-11-19-30(44-2)20-12-24)35(40)26-6-3-7-31(22-26)45(41,42)38-28-15-13-27(36)14-16-28/h3,6-7,9-22,32,34,38H,4-5,8H2,1-2H3. The number of rotatable bonds is 8. The van der Waals surface area contributed by atoms with Gasteiger partial charge in [-0.15, -0.1) is 0 Å². The van der Waals surface area contributed by atoms with Gasteiger partial charge in [0.05, 0.1) is 30.9 Å². The van der Waals surface area contributed by atoms with E-state index < -0.39 is 10.0 Å². The van der Waals surface area contributed by atoms with Crippen molar-refractivity contribution in [1.29, 1.82) is 0 Å². The van der Waals surface area contributed by atoms with Crippen LogP contribution >= 0.6 is 11.6 Å². The van der Waals surface area contributed by atoms with Crippen molar-refractivity contribution < 1.29 is 22.7 Å². The summed E-state index contributed by atoms with van der Waals surface area (Å²) < 4.78 is 39.8.